The van der Waals surface area contributed by atoms with Crippen molar-refractivity contribution in [1.29, 1.82) is 5.26 Å². The number of hydrogen-bond donors (Lipinski definition) is 1. The Labute approximate surface area is 115 Å². The van der Waals surface area contributed by atoms with Gasteiger partial charge in [-0.05, 0) is 44.9 Å². The zero-order valence-electron chi connectivity index (χ0n) is 11.3. The number of nitriles is 1. The third kappa shape index (κ3) is 4.72. The fourth-order valence-corrected chi connectivity index (χ4v) is 1.65. The lowest BCUT2D eigenvalue weighted by Crippen LogP contribution is -2.12. The van der Waals surface area contributed by atoms with E-state index in [4.69, 9.17) is 5.26 Å². The summed E-state index contributed by atoms with van der Waals surface area (Å²) in [7, 11) is 0. The van der Waals surface area contributed by atoms with Crippen LogP contribution < -0.4 is 5.32 Å². The Morgan fingerprint density at radius 1 is 1.25 bits per heavy atom. The van der Waals surface area contributed by atoms with Gasteiger partial charge in [0.15, 0.2) is 0 Å². The molecule has 0 spiro atoms. The van der Waals surface area contributed by atoms with Gasteiger partial charge in [-0.2, -0.15) is 18.4 Å². The summed E-state index contributed by atoms with van der Waals surface area (Å²) >= 11 is 0. The average Bonchev–Trinajstić information content (AvgIpc) is 2.35. The van der Waals surface area contributed by atoms with Crippen LogP contribution in [-0.2, 0) is 6.18 Å². The van der Waals surface area contributed by atoms with E-state index in [1.54, 1.807) is 13.8 Å². The van der Waals surface area contributed by atoms with Gasteiger partial charge in [-0.1, -0.05) is 0 Å². The Hall–Kier alpha value is -1.77. The first kappa shape index (κ1) is 16.3. The highest BCUT2D eigenvalue weighted by atomic mass is 19.4. The maximum atomic E-state index is 13.4. The molecule has 20 heavy (non-hydrogen) atoms. The minimum atomic E-state index is -4.49. The van der Waals surface area contributed by atoms with Crippen molar-refractivity contribution in [3.05, 3.63) is 29.6 Å². The molecule has 0 atom stereocenters. The first-order valence-corrected chi connectivity index (χ1v) is 6.17. The number of anilines is 1. The van der Waals surface area contributed by atoms with Crippen molar-refractivity contribution in [2.45, 2.75) is 32.9 Å². The summed E-state index contributed by atoms with van der Waals surface area (Å²) in [6.45, 7) is 3.86. The summed E-state index contributed by atoms with van der Waals surface area (Å²) in [5.41, 5.74) is -1.55. The van der Waals surface area contributed by atoms with E-state index < -0.39 is 23.0 Å². The molecule has 0 heterocycles. The average molecular weight is 288 g/mol. The van der Waals surface area contributed by atoms with Crippen LogP contribution in [-0.4, -0.2) is 6.54 Å². The van der Waals surface area contributed by atoms with Crippen molar-refractivity contribution in [1.82, 2.24) is 0 Å². The van der Waals surface area contributed by atoms with Gasteiger partial charge in [0.05, 0.1) is 22.7 Å². The second kappa shape index (κ2) is 6.12. The second-order valence-electron chi connectivity index (χ2n) is 5.22. The summed E-state index contributed by atoms with van der Waals surface area (Å²) < 4.78 is 50.9. The topological polar surface area (TPSA) is 35.8 Å². The minimum absolute atomic E-state index is 0.172. The highest BCUT2D eigenvalue weighted by Gasteiger charge is 2.31. The van der Waals surface area contributed by atoms with Gasteiger partial charge in [0.1, 0.15) is 5.82 Å². The quantitative estimate of drug-likeness (QED) is 0.635. The number of nitrogens with zero attached hydrogens (tertiary/aromatic N) is 1. The monoisotopic (exact) mass is 288 g/mol. The fourth-order valence-electron chi connectivity index (χ4n) is 1.65. The molecule has 0 saturated carbocycles. The molecule has 0 unspecified atom stereocenters. The van der Waals surface area contributed by atoms with Gasteiger partial charge >= 0.3 is 6.18 Å². The Bertz CT molecular complexity index is 501. The van der Waals surface area contributed by atoms with Crippen molar-refractivity contribution in [2.24, 2.45) is 5.41 Å². The van der Waals surface area contributed by atoms with Gasteiger partial charge in [0.2, 0.25) is 0 Å². The molecule has 0 amide bonds. The molecule has 0 fully saturated rings. The van der Waals surface area contributed by atoms with Crippen molar-refractivity contribution in [2.75, 3.05) is 11.9 Å². The Kier molecular flexibility index (Phi) is 4.98. The number of benzene rings is 1. The van der Waals surface area contributed by atoms with Crippen LogP contribution in [0.25, 0.3) is 0 Å². The molecule has 0 saturated heterocycles. The van der Waals surface area contributed by atoms with Gasteiger partial charge in [-0.15, -0.1) is 0 Å². The lowest BCUT2D eigenvalue weighted by molar-refractivity contribution is -0.137. The van der Waals surface area contributed by atoms with E-state index in [0.29, 0.717) is 25.5 Å². The number of hydrogen-bond acceptors (Lipinski definition) is 2. The summed E-state index contributed by atoms with van der Waals surface area (Å²) in [5, 5.41) is 11.5. The molecule has 1 aromatic carbocycles. The smallest absolute Gasteiger partial charge is 0.383 e. The van der Waals surface area contributed by atoms with E-state index >= 15 is 0 Å². The van der Waals surface area contributed by atoms with E-state index in [1.165, 1.54) is 0 Å². The molecule has 1 N–H and O–H groups in total. The molecule has 6 heteroatoms. The number of halogens is 4. The standard InChI is InChI=1S/C14H16F4N2/c1-13(2,9-19)6-3-7-20-12-8-10(14(16,17)18)4-5-11(12)15/h4-5,8,20H,3,6-7H2,1-2H3. The minimum Gasteiger partial charge on any atom is -0.383 e. The van der Waals surface area contributed by atoms with Crippen molar-refractivity contribution < 1.29 is 17.6 Å². The predicted octanol–water partition coefficient (Wildman–Crippen LogP) is 4.59. The molecule has 1 rings (SSSR count). The first-order valence-electron chi connectivity index (χ1n) is 6.17. The van der Waals surface area contributed by atoms with E-state index in [2.05, 4.69) is 11.4 Å². The summed E-state index contributed by atoms with van der Waals surface area (Å²) in [4.78, 5) is 0. The van der Waals surface area contributed by atoms with Crippen LogP contribution in [0.2, 0.25) is 0 Å². The third-order valence-electron chi connectivity index (χ3n) is 2.89. The van der Waals surface area contributed by atoms with Crippen molar-refractivity contribution in [3.8, 4) is 6.07 Å². The van der Waals surface area contributed by atoms with Gasteiger partial charge in [0, 0.05) is 6.54 Å². The van der Waals surface area contributed by atoms with Crippen LogP contribution in [0, 0.1) is 22.6 Å². The molecule has 0 aliphatic rings. The fraction of sp³-hybridized carbons (Fsp3) is 0.500. The largest absolute Gasteiger partial charge is 0.416 e. The number of rotatable bonds is 5. The Morgan fingerprint density at radius 2 is 1.90 bits per heavy atom. The van der Waals surface area contributed by atoms with Crippen LogP contribution in [0.3, 0.4) is 0 Å². The second-order valence-corrected chi connectivity index (χ2v) is 5.22. The van der Waals surface area contributed by atoms with Crippen LogP contribution in [0.1, 0.15) is 32.3 Å². The van der Waals surface area contributed by atoms with Gasteiger partial charge in [-0.25, -0.2) is 4.39 Å². The van der Waals surface area contributed by atoms with E-state index in [0.717, 1.165) is 12.1 Å². The Balaban J connectivity index is 2.63. The maximum Gasteiger partial charge on any atom is 0.416 e. The normalized spacial score (nSPS) is 12.1. The van der Waals surface area contributed by atoms with Crippen LogP contribution in [0.15, 0.2) is 18.2 Å². The molecule has 0 aliphatic heterocycles. The molecule has 110 valence electrons. The van der Waals surface area contributed by atoms with Crippen molar-refractivity contribution in [3.63, 3.8) is 0 Å². The highest BCUT2D eigenvalue weighted by Crippen LogP contribution is 2.31. The number of alkyl halides is 3. The van der Waals surface area contributed by atoms with Gasteiger partial charge < -0.3 is 5.32 Å². The van der Waals surface area contributed by atoms with E-state index in [9.17, 15) is 17.6 Å². The lowest BCUT2D eigenvalue weighted by atomic mass is 9.90. The summed E-state index contributed by atoms with van der Waals surface area (Å²) in [6, 6.07) is 4.39. The highest BCUT2D eigenvalue weighted by molar-refractivity contribution is 5.48. The van der Waals surface area contributed by atoms with Gasteiger partial charge in [-0.3, -0.25) is 0 Å². The lowest BCUT2D eigenvalue weighted by Gasteiger charge is -2.16. The molecule has 0 aromatic heterocycles. The first-order chi connectivity index (χ1) is 9.15. The maximum absolute atomic E-state index is 13.4. The zero-order valence-corrected chi connectivity index (χ0v) is 11.3. The zero-order chi connectivity index (χ0) is 15.4. The van der Waals surface area contributed by atoms with Crippen LogP contribution >= 0.6 is 0 Å². The summed E-state index contributed by atoms with van der Waals surface area (Å²) in [5.74, 6) is -0.724. The molecule has 2 nitrogen and oxygen atoms in total. The molecule has 1 aromatic rings. The van der Waals surface area contributed by atoms with Crippen LogP contribution in [0.4, 0.5) is 23.2 Å². The van der Waals surface area contributed by atoms with Gasteiger partial charge in [0.25, 0.3) is 0 Å². The Morgan fingerprint density at radius 3 is 2.45 bits per heavy atom. The molecule has 0 aliphatic carbocycles. The third-order valence-corrected chi connectivity index (χ3v) is 2.89. The SMILES string of the molecule is CC(C)(C#N)CCCNc1cc(C(F)(F)F)ccc1F. The van der Waals surface area contributed by atoms with E-state index in [1.807, 2.05) is 0 Å². The molecular formula is C14H16F4N2. The molecule has 0 radical (unpaired) electrons. The molecule has 0 bridgehead atoms. The summed E-state index contributed by atoms with van der Waals surface area (Å²) in [6.07, 6.45) is -3.35. The van der Waals surface area contributed by atoms with Crippen molar-refractivity contribution >= 4 is 5.69 Å². The van der Waals surface area contributed by atoms with E-state index in [-0.39, 0.29) is 5.69 Å². The van der Waals surface area contributed by atoms with Crippen LogP contribution in [0.5, 0.6) is 0 Å². The number of nitrogens with one attached hydrogen (secondary N) is 1. The molecular weight excluding hydrogens is 272 g/mol. The predicted molar refractivity (Wildman–Crippen MR) is 68.5 cm³/mol.